The molecule has 1 unspecified atom stereocenters. The number of hydrogen-bond donors (Lipinski definition) is 4. The Balaban J connectivity index is 2.69. The number of urea groups is 1. The van der Waals surface area contributed by atoms with Gasteiger partial charge >= 0.3 is 6.03 Å². The third kappa shape index (κ3) is 3.27. The number of phenols is 1. The van der Waals surface area contributed by atoms with Gasteiger partial charge < -0.3 is 20.9 Å². The average molecular weight is 253 g/mol. The number of benzene rings is 1. The molecule has 0 saturated carbocycles. The maximum Gasteiger partial charge on any atom is 0.321 e. The number of amides is 3. The number of phenolic OH excluding ortho intramolecular Hbond substituents is 1. The topological polar surface area (TPSA) is 114 Å². The zero-order chi connectivity index (χ0) is 13.7. The number of para-hydroxylation sites is 1. The summed E-state index contributed by atoms with van der Waals surface area (Å²) in [5, 5.41) is 13.7. The van der Waals surface area contributed by atoms with Crippen LogP contribution in [0.1, 0.15) is 6.92 Å². The Kier molecular flexibility index (Phi) is 4.36. The number of nitrogens with two attached hydrogens (primary N) is 1. The molecule has 7 nitrogen and oxygen atoms in total. The van der Waals surface area contributed by atoms with Crippen molar-refractivity contribution in [2.75, 3.05) is 12.8 Å². The van der Waals surface area contributed by atoms with E-state index in [0.29, 0.717) is 0 Å². The fourth-order valence-electron chi connectivity index (χ4n) is 1.16. The Bertz CT molecular complexity index is 462. The molecule has 0 fully saturated rings. The standard InChI is InChI=1S/C11H15N3O4/c1-6(10(16)14-11(17)13-2)18-8-5-3-4-7(15)9(8)12/h3-6,15H,12H2,1-2H3,(H2,13,14,16,17). The van der Waals surface area contributed by atoms with E-state index in [0.717, 1.165) is 0 Å². The highest BCUT2D eigenvalue weighted by atomic mass is 16.5. The lowest BCUT2D eigenvalue weighted by Gasteiger charge is -2.15. The van der Waals surface area contributed by atoms with Crippen LogP contribution in [0.15, 0.2) is 18.2 Å². The van der Waals surface area contributed by atoms with Crippen LogP contribution in [0.3, 0.4) is 0 Å². The minimum Gasteiger partial charge on any atom is -0.506 e. The lowest BCUT2D eigenvalue weighted by molar-refractivity contribution is -0.126. The molecule has 1 atom stereocenters. The van der Waals surface area contributed by atoms with Crippen molar-refractivity contribution >= 4 is 17.6 Å². The summed E-state index contributed by atoms with van der Waals surface area (Å²) in [5.41, 5.74) is 5.61. The highest BCUT2D eigenvalue weighted by molar-refractivity contribution is 5.96. The molecule has 0 heterocycles. The van der Waals surface area contributed by atoms with Gasteiger partial charge in [-0.05, 0) is 19.1 Å². The van der Waals surface area contributed by atoms with Crippen molar-refractivity contribution in [3.05, 3.63) is 18.2 Å². The monoisotopic (exact) mass is 253 g/mol. The van der Waals surface area contributed by atoms with Crippen molar-refractivity contribution in [3.63, 3.8) is 0 Å². The summed E-state index contributed by atoms with van der Waals surface area (Å²) in [6.45, 7) is 1.46. The van der Waals surface area contributed by atoms with Crippen LogP contribution in [0.2, 0.25) is 0 Å². The van der Waals surface area contributed by atoms with Crippen molar-refractivity contribution in [1.82, 2.24) is 10.6 Å². The Morgan fingerprint density at radius 1 is 1.44 bits per heavy atom. The van der Waals surface area contributed by atoms with E-state index in [9.17, 15) is 14.7 Å². The molecule has 5 N–H and O–H groups in total. The summed E-state index contributed by atoms with van der Waals surface area (Å²) in [7, 11) is 1.39. The second-order valence-electron chi connectivity index (χ2n) is 3.52. The lowest BCUT2D eigenvalue weighted by atomic mass is 10.2. The molecule has 18 heavy (non-hydrogen) atoms. The molecular formula is C11H15N3O4. The first kappa shape index (κ1) is 13.6. The predicted molar refractivity (Wildman–Crippen MR) is 65.2 cm³/mol. The van der Waals surface area contributed by atoms with Gasteiger partial charge in [-0.1, -0.05) is 6.07 Å². The molecule has 0 radical (unpaired) electrons. The summed E-state index contributed by atoms with van der Waals surface area (Å²) < 4.78 is 5.26. The number of hydrogen-bond acceptors (Lipinski definition) is 5. The fourth-order valence-corrected chi connectivity index (χ4v) is 1.16. The summed E-state index contributed by atoms with van der Waals surface area (Å²) in [5.74, 6) is -0.571. The molecule has 7 heteroatoms. The van der Waals surface area contributed by atoms with Gasteiger partial charge in [-0.15, -0.1) is 0 Å². The van der Waals surface area contributed by atoms with E-state index < -0.39 is 18.0 Å². The zero-order valence-electron chi connectivity index (χ0n) is 10.1. The van der Waals surface area contributed by atoms with Gasteiger partial charge in [0.15, 0.2) is 6.10 Å². The van der Waals surface area contributed by atoms with Gasteiger partial charge in [0.05, 0.1) is 0 Å². The highest BCUT2D eigenvalue weighted by Gasteiger charge is 2.18. The van der Waals surface area contributed by atoms with Gasteiger partial charge in [0.1, 0.15) is 17.2 Å². The number of anilines is 1. The van der Waals surface area contributed by atoms with Crippen LogP contribution < -0.4 is 21.1 Å². The number of rotatable bonds is 3. The van der Waals surface area contributed by atoms with E-state index in [1.807, 2.05) is 0 Å². The summed E-state index contributed by atoms with van der Waals surface area (Å²) in [6.07, 6.45) is -0.925. The minimum absolute atomic E-state index is 0.0390. The molecule has 3 amide bonds. The van der Waals surface area contributed by atoms with Crippen LogP contribution in [0.25, 0.3) is 0 Å². The molecule has 0 saturated heterocycles. The Hall–Kier alpha value is -2.44. The van der Waals surface area contributed by atoms with Crippen LogP contribution in [0.4, 0.5) is 10.5 Å². The van der Waals surface area contributed by atoms with Crippen molar-refractivity contribution in [2.24, 2.45) is 0 Å². The summed E-state index contributed by atoms with van der Waals surface area (Å²) in [4.78, 5) is 22.4. The van der Waals surface area contributed by atoms with Crippen LogP contribution >= 0.6 is 0 Å². The molecular weight excluding hydrogens is 238 g/mol. The predicted octanol–water partition coefficient (Wildman–Crippen LogP) is 0.197. The van der Waals surface area contributed by atoms with Gasteiger partial charge in [0.25, 0.3) is 5.91 Å². The van der Waals surface area contributed by atoms with E-state index in [2.05, 4.69) is 10.6 Å². The fraction of sp³-hybridized carbons (Fsp3) is 0.273. The Labute approximate surface area is 104 Å². The average Bonchev–Trinajstić information content (AvgIpc) is 2.34. The van der Waals surface area contributed by atoms with Gasteiger partial charge in [-0.3, -0.25) is 10.1 Å². The molecule has 0 aliphatic heterocycles. The number of nitrogens with one attached hydrogen (secondary N) is 2. The van der Waals surface area contributed by atoms with Crippen molar-refractivity contribution in [2.45, 2.75) is 13.0 Å². The minimum atomic E-state index is -0.925. The Morgan fingerprint density at radius 3 is 2.72 bits per heavy atom. The molecule has 0 aromatic heterocycles. The number of imide groups is 1. The number of nitrogen functional groups attached to an aromatic ring is 1. The maximum absolute atomic E-state index is 11.5. The molecule has 0 spiro atoms. The van der Waals surface area contributed by atoms with E-state index in [1.54, 1.807) is 0 Å². The normalized spacial score (nSPS) is 11.4. The summed E-state index contributed by atoms with van der Waals surface area (Å²) >= 11 is 0. The van der Waals surface area contributed by atoms with Gasteiger partial charge in [-0.2, -0.15) is 0 Å². The van der Waals surface area contributed by atoms with E-state index in [-0.39, 0.29) is 17.2 Å². The van der Waals surface area contributed by atoms with Gasteiger partial charge in [0, 0.05) is 7.05 Å². The molecule has 0 aliphatic carbocycles. The first-order valence-corrected chi connectivity index (χ1v) is 5.22. The molecule has 0 aliphatic rings. The first-order valence-electron chi connectivity index (χ1n) is 5.22. The number of ether oxygens (including phenoxy) is 1. The number of carbonyl (C=O) groups is 2. The molecule has 1 rings (SSSR count). The smallest absolute Gasteiger partial charge is 0.321 e. The Morgan fingerprint density at radius 2 is 2.11 bits per heavy atom. The zero-order valence-corrected chi connectivity index (χ0v) is 10.1. The van der Waals surface area contributed by atoms with E-state index in [4.69, 9.17) is 10.5 Å². The first-order chi connectivity index (χ1) is 8.45. The molecule has 1 aromatic rings. The molecule has 98 valence electrons. The largest absolute Gasteiger partial charge is 0.506 e. The summed E-state index contributed by atoms with van der Waals surface area (Å²) in [6, 6.07) is 3.82. The van der Waals surface area contributed by atoms with Crippen molar-refractivity contribution in [3.8, 4) is 11.5 Å². The molecule has 0 bridgehead atoms. The van der Waals surface area contributed by atoms with Gasteiger partial charge in [0.2, 0.25) is 0 Å². The van der Waals surface area contributed by atoms with E-state index >= 15 is 0 Å². The van der Waals surface area contributed by atoms with Crippen LogP contribution in [-0.4, -0.2) is 30.2 Å². The third-order valence-corrected chi connectivity index (χ3v) is 2.18. The van der Waals surface area contributed by atoms with Crippen LogP contribution in [0, 0.1) is 0 Å². The van der Waals surface area contributed by atoms with E-state index in [1.165, 1.54) is 32.2 Å². The molecule has 1 aromatic carbocycles. The number of carbonyl (C=O) groups excluding carboxylic acids is 2. The second-order valence-corrected chi connectivity index (χ2v) is 3.52. The SMILES string of the molecule is CNC(=O)NC(=O)C(C)Oc1cccc(O)c1N. The van der Waals surface area contributed by atoms with Crippen molar-refractivity contribution in [1.29, 1.82) is 0 Å². The van der Waals surface area contributed by atoms with Crippen molar-refractivity contribution < 1.29 is 19.4 Å². The van der Waals surface area contributed by atoms with Crippen LogP contribution in [-0.2, 0) is 4.79 Å². The highest BCUT2D eigenvalue weighted by Crippen LogP contribution is 2.30. The number of aromatic hydroxyl groups is 1. The second kappa shape index (κ2) is 5.76. The van der Waals surface area contributed by atoms with Crippen LogP contribution in [0.5, 0.6) is 11.5 Å². The maximum atomic E-state index is 11.5. The quantitative estimate of drug-likeness (QED) is 0.454. The lowest BCUT2D eigenvalue weighted by Crippen LogP contribution is -2.44. The van der Waals surface area contributed by atoms with Gasteiger partial charge in [-0.25, -0.2) is 4.79 Å². The third-order valence-electron chi connectivity index (χ3n) is 2.18.